The Morgan fingerprint density at radius 3 is 2.82 bits per heavy atom. The van der Waals surface area contributed by atoms with E-state index in [2.05, 4.69) is 18.2 Å². The van der Waals surface area contributed by atoms with E-state index in [0.29, 0.717) is 18.9 Å². The summed E-state index contributed by atoms with van der Waals surface area (Å²) in [6.07, 6.45) is 2.28. The van der Waals surface area contributed by atoms with Crippen molar-refractivity contribution in [3.05, 3.63) is 34.9 Å². The normalized spacial score (nSPS) is 10.3. The first-order valence-corrected chi connectivity index (χ1v) is 6.50. The maximum atomic E-state index is 11.4. The lowest BCUT2D eigenvalue weighted by Crippen LogP contribution is -2.08. The van der Waals surface area contributed by atoms with Gasteiger partial charge in [-0.1, -0.05) is 18.2 Å². The van der Waals surface area contributed by atoms with Gasteiger partial charge in [-0.05, 0) is 43.4 Å². The third-order valence-corrected chi connectivity index (χ3v) is 2.92. The summed E-state index contributed by atoms with van der Waals surface area (Å²) in [5.41, 5.74) is 3.42. The molecule has 0 radical (unpaired) electrons. The van der Waals surface area contributed by atoms with Crippen molar-refractivity contribution in [2.24, 2.45) is 0 Å². The standard InChI is InChI=1S/C14H19ClO2/c1-3-17-14(16)10-13-9-12(5-4-8-15)7-6-11(13)2/h6-7,9H,3-5,8,10H2,1-2H3. The molecule has 3 heteroatoms. The van der Waals surface area contributed by atoms with Crippen molar-refractivity contribution >= 4 is 17.6 Å². The Bertz CT molecular complexity index is 374. The third kappa shape index (κ3) is 4.78. The number of rotatable bonds is 6. The molecule has 2 nitrogen and oxygen atoms in total. The van der Waals surface area contributed by atoms with Gasteiger partial charge >= 0.3 is 5.97 Å². The number of carbonyl (C=O) groups excluding carboxylic acids is 1. The molecule has 0 N–H and O–H groups in total. The van der Waals surface area contributed by atoms with Gasteiger partial charge in [-0.15, -0.1) is 11.6 Å². The molecule has 0 spiro atoms. The Morgan fingerprint density at radius 2 is 2.18 bits per heavy atom. The summed E-state index contributed by atoms with van der Waals surface area (Å²) in [5, 5.41) is 0. The monoisotopic (exact) mass is 254 g/mol. The topological polar surface area (TPSA) is 26.3 Å². The van der Waals surface area contributed by atoms with E-state index in [1.165, 1.54) is 5.56 Å². The van der Waals surface area contributed by atoms with Crippen LogP contribution in [0.3, 0.4) is 0 Å². The van der Waals surface area contributed by atoms with Gasteiger partial charge in [0.15, 0.2) is 0 Å². The van der Waals surface area contributed by atoms with E-state index in [1.807, 2.05) is 13.8 Å². The van der Waals surface area contributed by atoms with E-state index in [-0.39, 0.29) is 5.97 Å². The zero-order valence-corrected chi connectivity index (χ0v) is 11.2. The second-order valence-electron chi connectivity index (χ2n) is 4.04. The largest absolute Gasteiger partial charge is 0.466 e. The summed E-state index contributed by atoms with van der Waals surface area (Å²) in [7, 11) is 0. The van der Waals surface area contributed by atoms with Gasteiger partial charge in [-0.2, -0.15) is 0 Å². The Labute approximate surface area is 108 Å². The van der Waals surface area contributed by atoms with Crippen molar-refractivity contribution in [3.63, 3.8) is 0 Å². The molecule has 0 aromatic heterocycles. The van der Waals surface area contributed by atoms with Crippen molar-refractivity contribution < 1.29 is 9.53 Å². The lowest BCUT2D eigenvalue weighted by atomic mass is 10.0. The van der Waals surface area contributed by atoms with Crippen molar-refractivity contribution in [2.75, 3.05) is 12.5 Å². The SMILES string of the molecule is CCOC(=O)Cc1cc(CCCCl)ccc1C. The van der Waals surface area contributed by atoms with E-state index in [1.54, 1.807) is 0 Å². The average molecular weight is 255 g/mol. The lowest BCUT2D eigenvalue weighted by molar-refractivity contribution is -0.142. The molecule has 1 aromatic carbocycles. The summed E-state index contributed by atoms with van der Waals surface area (Å²) in [6.45, 7) is 4.27. The van der Waals surface area contributed by atoms with E-state index in [9.17, 15) is 4.79 Å². The third-order valence-electron chi connectivity index (χ3n) is 2.65. The quantitative estimate of drug-likeness (QED) is 0.575. The van der Waals surface area contributed by atoms with Crippen molar-refractivity contribution in [2.45, 2.75) is 33.1 Å². The summed E-state index contributed by atoms with van der Waals surface area (Å²) < 4.78 is 4.96. The molecular formula is C14H19ClO2. The first-order valence-electron chi connectivity index (χ1n) is 5.97. The molecule has 94 valence electrons. The number of carbonyl (C=O) groups is 1. The number of esters is 1. The summed E-state index contributed by atoms with van der Waals surface area (Å²) >= 11 is 5.67. The Kier molecular flexibility index (Phi) is 6.06. The molecule has 0 bridgehead atoms. The van der Waals surface area contributed by atoms with E-state index in [4.69, 9.17) is 16.3 Å². The molecule has 0 amide bonds. The predicted molar refractivity (Wildman–Crippen MR) is 70.6 cm³/mol. The van der Waals surface area contributed by atoms with Crippen LogP contribution in [0.1, 0.15) is 30.0 Å². The van der Waals surface area contributed by atoms with Crippen LogP contribution >= 0.6 is 11.6 Å². The van der Waals surface area contributed by atoms with Gasteiger partial charge in [-0.25, -0.2) is 0 Å². The minimum absolute atomic E-state index is 0.162. The Hall–Kier alpha value is -1.02. The maximum Gasteiger partial charge on any atom is 0.310 e. The maximum absolute atomic E-state index is 11.4. The second kappa shape index (κ2) is 7.33. The number of aryl methyl sites for hydroxylation is 2. The van der Waals surface area contributed by atoms with Crippen LogP contribution in [-0.2, 0) is 22.4 Å². The molecular weight excluding hydrogens is 236 g/mol. The van der Waals surface area contributed by atoms with Crippen LogP contribution in [0, 0.1) is 6.92 Å². The zero-order valence-electron chi connectivity index (χ0n) is 10.5. The molecule has 0 aliphatic heterocycles. The van der Waals surface area contributed by atoms with Crippen molar-refractivity contribution in [1.29, 1.82) is 0 Å². The van der Waals surface area contributed by atoms with Crippen LogP contribution in [0.25, 0.3) is 0 Å². The second-order valence-corrected chi connectivity index (χ2v) is 4.41. The minimum atomic E-state index is -0.162. The predicted octanol–water partition coefficient (Wildman–Crippen LogP) is 3.27. The van der Waals surface area contributed by atoms with Gasteiger partial charge in [0.25, 0.3) is 0 Å². The molecule has 0 aliphatic carbocycles. The molecule has 0 unspecified atom stereocenters. The number of alkyl halides is 1. The van der Waals surface area contributed by atoms with E-state index < -0.39 is 0 Å². The number of benzene rings is 1. The Balaban J connectivity index is 2.72. The van der Waals surface area contributed by atoms with Crippen LogP contribution in [0.5, 0.6) is 0 Å². The van der Waals surface area contributed by atoms with Gasteiger partial charge in [0, 0.05) is 5.88 Å². The molecule has 0 saturated heterocycles. The van der Waals surface area contributed by atoms with Gasteiger partial charge in [-0.3, -0.25) is 4.79 Å². The summed E-state index contributed by atoms with van der Waals surface area (Å²) in [6, 6.07) is 6.23. The zero-order chi connectivity index (χ0) is 12.7. The number of ether oxygens (including phenoxy) is 1. The minimum Gasteiger partial charge on any atom is -0.466 e. The molecule has 0 saturated carbocycles. The summed E-state index contributed by atoms with van der Waals surface area (Å²) in [5.74, 6) is 0.506. The number of halogens is 1. The molecule has 0 heterocycles. The fourth-order valence-corrected chi connectivity index (χ4v) is 1.84. The first kappa shape index (κ1) is 14.0. The molecule has 0 aliphatic rings. The van der Waals surface area contributed by atoms with Crippen LogP contribution in [0.15, 0.2) is 18.2 Å². The number of hydrogen-bond donors (Lipinski definition) is 0. The van der Waals surface area contributed by atoms with E-state index in [0.717, 1.165) is 24.0 Å². The fourth-order valence-electron chi connectivity index (χ4n) is 1.71. The van der Waals surface area contributed by atoms with Crippen LogP contribution in [0.4, 0.5) is 0 Å². The van der Waals surface area contributed by atoms with Gasteiger partial charge < -0.3 is 4.74 Å². The van der Waals surface area contributed by atoms with Gasteiger partial charge in [0.1, 0.15) is 0 Å². The van der Waals surface area contributed by atoms with Gasteiger partial charge in [0.2, 0.25) is 0 Å². The molecule has 1 aromatic rings. The van der Waals surface area contributed by atoms with Crippen LogP contribution < -0.4 is 0 Å². The molecule has 17 heavy (non-hydrogen) atoms. The van der Waals surface area contributed by atoms with Crippen molar-refractivity contribution in [1.82, 2.24) is 0 Å². The van der Waals surface area contributed by atoms with Gasteiger partial charge in [0.05, 0.1) is 13.0 Å². The molecule has 1 rings (SSSR count). The van der Waals surface area contributed by atoms with Crippen LogP contribution in [-0.4, -0.2) is 18.5 Å². The van der Waals surface area contributed by atoms with E-state index >= 15 is 0 Å². The fraction of sp³-hybridized carbons (Fsp3) is 0.500. The number of hydrogen-bond acceptors (Lipinski definition) is 2. The van der Waals surface area contributed by atoms with Crippen molar-refractivity contribution in [3.8, 4) is 0 Å². The Morgan fingerprint density at radius 1 is 1.41 bits per heavy atom. The first-order chi connectivity index (χ1) is 8.17. The smallest absolute Gasteiger partial charge is 0.310 e. The lowest BCUT2D eigenvalue weighted by Gasteiger charge is -2.08. The molecule has 0 atom stereocenters. The highest BCUT2D eigenvalue weighted by Gasteiger charge is 2.07. The highest BCUT2D eigenvalue weighted by molar-refractivity contribution is 6.17. The van der Waals surface area contributed by atoms with Crippen LogP contribution in [0.2, 0.25) is 0 Å². The average Bonchev–Trinajstić information content (AvgIpc) is 2.30. The molecule has 0 fully saturated rings. The highest BCUT2D eigenvalue weighted by atomic mass is 35.5. The summed E-state index contributed by atoms with van der Waals surface area (Å²) in [4.78, 5) is 11.4. The highest BCUT2D eigenvalue weighted by Crippen LogP contribution is 2.14.